The number of nitrogens with zero attached hydrogens (tertiary/aromatic N) is 5. The van der Waals surface area contributed by atoms with Gasteiger partial charge < -0.3 is 14.5 Å². The molecule has 0 unspecified atom stereocenters. The summed E-state index contributed by atoms with van der Waals surface area (Å²) in [6.07, 6.45) is 1.62. The van der Waals surface area contributed by atoms with Crippen LogP contribution in [0.4, 0.5) is 11.5 Å². The Morgan fingerprint density at radius 2 is 2.04 bits per heavy atom. The van der Waals surface area contributed by atoms with Crippen molar-refractivity contribution in [2.24, 2.45) is 0 Å². The van der Waals surface area contributed by atoms with Gasteiger partial charge in [0.1, 0.15) is 5.82 Å². The summed E-state index contributed by atoms with van der Waals surface area (Å²) in [4.78, 5) is 25.1. The maximum absolute atomic E-state index is 12.7. The van der Waals surface area contributed by atoms with Crippen LogP contribution in [0.3, 0.4) is 0 Å². The monoisotopic (exact) mass is 359 g/mol. The Bertz CT molecular complexity index is 1060. The van der Waals surface area contributed by atoms with Gasteiger partial charge in [-0.3, -0.25) is 4.79 Å². The first-order valence-corrected chi connectivity index (χ1v) is 8.55. The maximum atomic E-state index is 12.7. The number of fused-ring (bicyclic) bond motifs is 1. The van der Waals surface area contributed by atoms with Crippen molar-refractivity contribution in [3.05, 3.63) is 54.2 Å². The fourth-order valence-corrected chi connectivity index (χ4v) is 3.24. The molecule has 0 aliphatic carbocycles. The molecule has 0 N–H and O–H groups in total. The number of piperazine rings is 1. The largest absolute Gasteiger partial charge is 0.481 e. The molecule has 7 nitrogen and oxygen atoms in total. The number of hydrogen-bond acceptors (Lipinski definition) is 6. The summed E-state index contributed by atoms with van der Waals surface area (Å²) in [5.74, 6) is 1.08. The molecule has 0 saturated carbocycles. The van der Waals surface area contributed by atoms with Gasteiger partial charge in [-0.1, -0.05) is 18.2 Å². The second-order valence-corrected chi connectivity index (χ2v) is 6.18. The van der Waals surface area contributed by atoms with E-state index < -0.39 is 0 Å². The van der Waals surface area contributed by atoms with Crippen LogP contribution in [-0.2, 0) is 4.79 Å². The molecular weight excluding hydrogens is 342 g/mol. The third kappa shape index (κ3) is 3.13. The van der Waals surface area contributed by atoms with Crippen molar-refractivity contribution in [1.82, 2.24) is 9.97 Å². The fraction of sp³-hybridized carbons (Fsp3) is 0.200. The summed E-state index contributed by atoms with van der Waals surface area (Å²) in [6.45, 7) is 1.33. The van der Waals surface area contributed by atoms with Crippen molar-refractivity contribution in [1.29, 1.82) is 5.26 Å². The van der Waals surface area contributed by atoms with Crippen molar-refractivity contribution in [3.8, 4) is 11.9 Å². The van der Waals surface area contributed by atoms with E-state index in [1.807, 2.05) is 29.2 Å². The molecule has 134 valence electrons. The van der Waals surface area contributed by atoms with Crippen molar-refractivity contribution >= 4 is 28.3 Å². The minimum Gasteiger partial charge on any atom is -0.481 e. The first-order valence-electron chi connectivity index (χ1n) is 8.55. The van der Waals surface area contributed by atoms with Gasteiger partial charge in [0, 0.05) is 30.7 Å². The highest BCUT2D eigenvalue weighted by Gasteiger charge is 2.26. The molecule has 1 aliphatic heterocycles. The molecule has 4 rings (SSSR count). The molecule has 0 bridgehead atoms. The molecular formula is C20H17N5O2. The van der Waals surface area contributed by atoms with Crippen LogP contribution < -0.4 is 14.5 Å². The predicted molar refractivity (Wildman–Crippen MR) is 102 cm³/mol. The third-order valence-electron chi connectivity index (χ3n) is 4.61. The van der Waals surface area contributed by atoms with Crippen LogP contribution in [-0.4, -0.2) is 42.6 Å². The number of para-hydroxylation sites is 1. The van der Waals surface area contributed by atoms with E-state index in [-0.39, 0.29) is 12.5 Å². The normalized spacial score (nSPS) is 14.3. The van der Waals surface area contributed by atoms with Crippen LogP contribution >= 0.6 is 0 Å². The van der Waals surface area contributed by atoms with Crippen LogP contribution in [0.5, 0.6) is 5.88 Å². The number of carbonyl (C=O) groups excluding carboxylic acids is 1. The number of hydrogen-bond donors (Lipinski definition) is 0. The Kier molecular flexibility index (Phi) is 4.30. The average Bonchev–Trinajstić information content (AvgIpc) is 2.72. The number of amides is 1. The smallest absolute Gasteiger partial charge is 0.246 e. The van der Waals surface area contributed by atoms with Gasteiger partial charge in [0.25, 0.3) is 0 Å². The van der Waals surface area contributed by atoms with E-state index in [4.69, 9.17) is 4.74 Å². The standard InChI is InChI=1S/C20H17N5O2/c1-27-19-11-15(6-7-22-19)25-9-8-24(13-20(25)26)18-10-14(12-21)16-4-2-3-5-17(16)23-18/h2-7,10-11H,8-9,13H2,1H3. The van der Waals surface area contributed by atoms with Gasteiger partial charge in [-0.15, -0.1) is 0 Å². The van der Waals surface area contributed by atoms with E-state index in [1.165, 1.54) is 0 Å². The predicted octanol–water partition coefficient (Wildman–Crippen LogP) is 2.36. The van der Waals surface area contributed by atoms with Gasteiger partial charge in [-0.25, -0.2) is 9.97 Å². The van der Waals surface area contributed by atoms with E-state index in [0.717, 1.165) is 16.6 Å². The highest BCUT2D eigenvalue weighted by atomic mass is 16.5. The van der Waals surface area contributed by atoms with E-state index in [1.54, 1.807) is 36.4 Å². The molecule has 0 spiro atoms. The summed E-state index contributed by atoms with van der Waals surface area (Å²) in [7, 11) is 1.55. The minimum absolute atomic E-state index is 0.0389. The number of aromatic nitrogens is 2. The second-order valence-electron chi connectivity index (χ2n) is 6.18. The molecule has 1 saturated heterocycles. The minimum atomic E-state index is -0.0389. The lowest BCUT2D eigenvalue weighted by molar-refractivity contribution is -0.117. The van der Waals surface area contributed by atoms with E-state index in [9.17, 15) is 10.1 Å². The molecule has 2 aromatic heterocycles. The SMILES string of the molecule is COc1cc(N2CCN(c3cc(C#N)c4ccccc4n3)CC2=O)ccn1. The van der Waals surface area contributed by atoms with Crippen molar-refractivity contribution in [3.63, 3.8) is 0 Å². The molecule has 1 aliphatic rings. The van der Waals surface area contributed by atoms with Crippen LogP contribution in [0.1, 0.15) is 5.56 Å². The zero-order valence-electron chi connectivity index (χ0n) is 14.8. The number of anilines is 2. The molecule has 0 radical (unpaired) electrons. The zero-order chi connectivity index (χ0) is 18.8. The summed E-state index contributed by atoms with van der Waals surface area (Å²) in [5, 5.41) is 10.3. The van der Waals surface area contributed by atoms with Crippen LogP contribution in [0, 0.1) is 11.3 Å². The Hall–Kier alpha value is -3.66. The first kappa shape index (κ1) is 16.8. The van der Waals surface area contributed by atoms with Gasteiger partial charge >= 0.3 is 0 Å². The van der Waals surface area contributed by atoms with Crippen molar-refractivity contribution < 1.29 is 9.53 Å². The fourth-order valence-electron chi connectivity index (χ4n) is 3.24. The Morgan fingerprint density at radius 1 is 1.19 bits per heavy atom. The zero-order valence-corrected chi connectivity index (χ0v) is 14.8. The molecule has 27 heavy (non-hydrogen) atoms. The number of nitriles is 1. The van der Waals surface area contributed by atoms with Crippen LogP contribution in [0.25, 0.3) is 10.9 Å². The lowest BCUT2D eigenvalue weighted by Gasteiger charge is -2.35. The Labute approximate surface area is 156 Å². The second kappa shape index (κ2) is 6.92. The maximum Gasteiger partial charge on any atom is 0.246 e. The molecule has 3 aromatic rings. The number of rotatable bonds is 3. The summed E-state index contributed by atoms with van der Waals surface area (Å²) in [6, 6.07) is 15.0. The van der Waals surface area contributed by atoms with Crippen molar-refractivity contribution in [2.45, 2.75) is 0 Å². The quantitative estimate of drug-likeness (QED) is 0.714. The Morgan fingerprint density at radius 3 is 2.81 bits per heavy atom. The highest BCUT2D eigenvalue weighted by molar-refractivity contribution is 5.98. The van der Waals surface area contributed by atoms with Gasteiger partial charge in [0.05, 0.1) is 36.5 Å². The molecule has 7 heteroatoms. The summed E-state index contributed by atoms with van der Waals surface area (Å²) < 4.78 is 5.14. The molecule has 1 aromatic carbocycles. The van der Waals surface area contributed by atoms with Gasteiger partial charge in [-0.05, 0) is 18.2 Å². The number of benzene rings is 1. The van der Waals surface area contributed by atoms with E-state index in [2.05, 4.69) is 16.0 Å². The van der Waals surface area contributed by atoms with Gasteiger partial charge in [0.2, 0.25) is 11.8 Å². The molecule has 1 fully saturated rings. The topological polar surface area (TPSA) is 82.4 Å². The summed E-state index contributed by atoms with van der Waals surface area (Å²) >= 11 is 0. The van der Waals surface area contributed by atoms with Crippen LogP contribution in [0.15, 0.2) is 48.7 Å². The first-order chi connectivity index (χ1) is 13.2. The number of pyridine rings is 2. The number of methoxy groups -OCH3 is 1. The average molecular weight is 359 g/mol. The molecule has 1 amide bonds. The summed E-state index contributed by atoms with van der Waals surface area (Å²) in [5.41, 5.74) is 2.07. The number of carbonyl (C=O) groups is 1. The third-order valence-corrected chi connectivity index (χ3v) is 4.61. The van der Waals surface area contributed by atoms with E-state index >= 15 is 0 Å². The van der Waals surface area contributed by atoms with Crippen LogP contribution in [0.2, 0.25) is 0 Å². The highest BCUT2D eigenvalue weighted by Crippen LogP contribution is 2.25. The van der Waals surface area contributed by atoms with Gasteiger partial charge in [-0.2, -0.15) is 5.26 Å². The lowest BCUT2D eigenvalue weighted by Crippen LogP contribution is -2.51. The van der Waals surface area contributed by atoms with E-state index in [0.29, 0.717) is 30.4 Å². The number of ether oxygens (including phenoxy) is 1. The Balaban J connectivity index is 1.60. The molecule has 3 heterocycles. The lowest BCUT2D eigenvalue weighted by atomic mass is 10.1. The molecule has 0 atom stereocenters. The van der Waals surface area contributed by atoms with Gasteiger partial charge in [0.15, 0.2) is 0 Å². The van der Waals surface area contributed by atoms with Crippen molar-refractivity contribution in [2.75, 3.05) is 36.5 Å².